The lowest BCUT2D eigenvalue weighted by atomic mass is 10.1. The molecular formula is C10H12BrNO2S. The molecule has 1 atom stereocenters. The van der Waals surface area contributed by atoms with Crippen LogP contribution in [0.4, 0.5) is 0 Å². The summed E-state index contributed by atoms with van der Waals surface area (Å²) >= 11 is 3.27. The molecule has 0 saturated heterocycles. The lowest BCUT2D eigenvalue weighted by Gasteiger charge is -2.17. The molecule has 82 valence electrons. The third-order valence-corrected chi connectivity index (χ3v) is 5.02. The van der Waals surface area contributed by atoms with Gasteiger partial charge in [0.15, 0.2) is 9.84 Å². The van der Waals surface area contributed by atoms with Gasteiger partial charge in [0.25, 0.3) is 0 Å². The summed E-state index contributed by atoms with van der Waals surface area (Å²) in [6, 6.07) is 5.31. The number of halogens is 1. The quantitative estimate of drug-likeness (QED) is 0.633. The SMILES string of the molecule is NC(Br)c1ccc2c(c1)CCCS2(=O)=O. The molecular weight excluding hydrogens is 278 g/mol. The summed E-state index contributed by atoms with van der Waals surface area (Å²) in [6.45, 7) is 0. The van der Waals surface area contributed by atoms with Gasteiger partial charge in [-0.15, -0.1) is 0 Å². The fourth-order valence-corrected chi connectivity index (χ4v) is 3.70. The van der Waals surface area contributed by atoms with E-state index in [1.54, 1.807) is 12.1 Å². The molecule has 15 heavy (non-hydrogen) atoms. The number of rotatable bonds is 1. The third kappa shape index (κ3) is 2.09. The van der Waals surface area contributed by atoms with Crippen molar-refractivity contribution in [3.05, 3.63) is 29.3 Å². The van der Waals surface area contributed by atoms with Crippen LogP contribution in [0.15, 0.2) is 23.1 Å². The van der Waals surface area contributed by atoms with Gasteiger partial charge < -0.3 is 5.73 Å². The van der Waals surface area contributed by atoms with E-state index in [0.29, 0.717) is 11.3 Å². The van der Waals surface area contributed by atoms with Crippen LogP contribution in [0.25, 0.3) is 0 Å². The summed E-state index contributed by atoms with van der Waals surface area (Å²) in [5, 5.41) is 0. The minimum Gasteiger partial charge on any atom is -0.315 e. The molecule has 2 N–H and O–H groups in total. The smallest absolute Gasteiger partial charge is 0.178 e. The van der Waals surface area contributed by atoms with E-state index in [1.165, 1.54) is 0 Å². The highest BCUT2D eigenvalue weighted by Gasteiger charge is 2.23. The van der Waals surface area contributed by atoms with Crippen LogP contribution >= 0.6 is 15.9 Å². The zero-order valence-corrected chi connectivity index (χ0v) is 10.5. The van der Waals surface area contributed by atoms with Crippen molar-refractivity contribution in [3.63, 3.8) is 0 Å². The molecule has 0 aromatic heterocycles. The maximum absolute atomic E-state index is 11.7. The second kappa shape index (κ2) is 3.88. The number of nitrogens with two attached hydrogens (primary N) is 1. The van der Waals surface area contributed by atoms with Crippen LogP contribution in [0.3, 0.4) is 0 Å². The normalized spacial score (nSPS) is 20.7. The molecule has 0 saturated carbocycles. The maximum atomic E-state index is 11.7. The number of hydrogen-bond acceptors (Lipinski definition) is 3. The highest BCUT2D eigenvalue weighted by atomic mass is 79.9. The Morgan fingerprint density at radius 1 is 1.40 bits per heavy atom. The Labute approximate surface area is 97.7 Å². The van der Waals surface area contributed by atoms with Gasteiger partial charge in [-0.25, -0.2) is 8.42 Å². The van der Waals surface area contributed by atoms with E-state index >= 15 is 0 Å². The zero-order valence-electron chi connectivity index (χ0n) is 8.11. The number of aryl methyl sites for hydroxylation is 1. The summed E-state index contributed by atoms with van der Waals surface area (Å²) in [6.07, 6.45) is 1.53. The second-order valence-corrected chi connectivity index (χ2v) is 6.76. The Balaban J connectivity index is 2.55. The first-order valence-electron chi connectivity index (χ1n) is 4.76. The summed E-state index contributed by atoms with van der Waals surface area (Å²) in [4.78, 5) is 0.248. The molecule has 0 aliphatic carbocycles. The fourth-order valence-electron chi connectivity index (χ4n) is 1.83. The average Bonchev–Trinajstić information content (AvgIpc) is 2.16. The Morgan fingerprint density at radius 2 is 2.13 bits per heavy atom. The topological polar surface area (TPSA) is 60.2 Å². The predicted molar refractivity (Wildman–Crippen MR) is 62.7 cm³/mol. The number of hydrogen-bond donors (Lipinski definition) is 1. The molecule has 1 heterocycles. The van der Waals surface area contributed by atoms with Crippen molar-refractivity contribution < 1.29 is 8.42 Å². The second-order valence-electron chi connectivity index (χ2n) is 3.69. The van der Waals surface area contributed by atoms with Crippen LogP contribution in [-0.2, 0) is 16.3 Å². The average molecular weight is 290 g/mol. The van der Waals surface area contributed by atoms with Gasteiger partial charge in [-0.2, -0.15) is 0 Å². The molecule has 0 radical (unpaired) electrons. The van der Waals surface area contributed by atoms with Gasteiger partial charge in [-0.05, 0) is 30.0 Å². The van der Waals surface area contributed by atoms with E-state index < -0.39 is 9.84 Å². The monoisotopic (exact) mass is 289 g/mol. The van der Waals surface area contributed by atoms with E-state index in [-0.39, 0.29) is 10.7 Å². The molecule has 1 aliphatic rings. The molecule has 5 heteroatoms. The van der Waals surface area contributed by atoms with Crippen molar-refractivity contribution in [1.82, 2.24) is 0 Å². The fraction of sp³-hybridized carbons (Fsp3) is 0.400. The molecule has 1 aromatic rings. The molecule has 1 aromatic carbocycles. The number of alkyl halides is 1. The predicted octanol–water partition coefficient (Wildman–Crippen LogP) is 1.76. The van der Waals surface area contributed by atoms with Crippen molar-refractivity contribution in [2.75, 3.05) is 5.75 Å². The molecule has 1 aliphatic heterocycles. The van der Waals surface area contributed by atoms with E-state index in [1.807, 2.05) is 6.07 Å². The molecule has 1 unspecified atom stereocenters. The van der Waals surface area contributed by atoms with Crippen LogP contribution in [0.5, 0.6) is 0 Å². The zero-order chi connectivity index (χ0) is 11.1. The first-order chi connectivity index (χ1) is 7.00. The van der Waals surface area contributed by atoms with E-state index in [2.05, 4.69) is 15.9 Å². The highest BCUT2D eigenvalue weighted by molar-refractivity contribution is 9.09. The minimum atomic E-state index is -3.04. The largest absolute Gasteiger partial charge is 0.315 e. The van der Waals surface area contributed by atoms with Crippen molar-refractivity contribution >= 4 is 25.8 Å². The van der Waals surface area contributed by atoms with Crippen molar-refractivity contribution in [2.24, 2.45) is 5.73 Å². The van der Waals surface area contributed by atoms with Gasteiger partial charge in [0.1, 0.15) is 0 Å². The van der Waals surface area contributed by atoms with E-state index in [9.17, 15) is 8.42 Å². The summed E-state index contributed by atoms with van der Waals surface area (Å²) in [5.74, 6) is 0.264. The van der Waals surface area contributed by atoms with Gasteiger partial charge in [-0.1, -0.05) is 28.1 Å². The third-order valence-electron chi connectivity index (χ3n) is 2.60. The van der Waals surface area contributed by atoms with Crippen molar-refractivity contribution in [3.8, 4) is 0 Å². The summed E-state index contributed by atoms with van der Waals surface area (Å²) < 4.78 is 23.4. The van der Waals surface area contributed by atoms with Crippen LogP contribution < -0.4 is 5.73 Å². The molecule has 0 bridgehead atoms. The first kappa shape index (κ1) is 11.1. The van der Waals surface area contributed by atoms with Crippen molar-refractivity contribution in [1.29, 1.82) is 0 Å². The molecule has 0 fully saturated rings. The van der Waals surface area contributed by atoms with Gasteiger partial charge in [0.05, 0.1) is 15.6 Å². The lowest BCUT2D eigenvalue weighted by molar-refractivity contribution is 0.586. The Morgan fingerprint density at radius 3 is 2.80 bits per heavy atom. The Kier molecular flexibility index (Phi) is 2.87. The standard InChI is InChI=1S/C10H12BrNO2S/c11-10(12)8-3-4-9-7(6-8)2-1-5-15(9,13)14/h3-4,6,10H,1-2,5,12H2. The maximum Gasteiger partial charge on any atom is 0.178 e. The lowest BCUT2D eigenvalue weighted by Crippen LogP contribution is -2.16. The molecule has 2 rings (SSSR count). The van der Waals surface area contributed by atoms with Gasteiger partial charge in [-0.3, -0.25) is 0 Å². The summed E-state index contributed by atoms with van der Waals surface area (Å²) in [5.41, 5.74) is 7.50. The minimum absolute atomic E-state index is 0.229. The number of fused-ring (bicyclic) bond motifs is 1. The molecule has 0 spiro atoms. The highest BCUT2D eigenvalue weighted by Crippen LogP contribution is 2.28. The molecule has 3 nitrogen and oxygen atoms in total. The number of sulfone groups is 1. The van der Waals surface area contributed by atoms with Crippen molar-refractivity contribution in [2.45, 2.75) is 22.7 Å². The number of benzene rings is 1. The first-order valence-corrected chi connectivity index (χ1v) is 7.33. The molecule has 0 amide bonds. The van der Waals surface area contributed by atoms with Crippen LogP contribution in [0, 0.1) is 0 Å². The van der Waals surface area contributed by atoms with E-state index in [0.717, 1.165) is 17.5 Å². The Hall–Kier alpha value is -0.390. The summed E-state index contributed by atoms with van der Waals surface area (Å²) in [7, 11) is -3.04. The van der Waals surface area contributed by atoms with Crippen LogP contribution in [0.1, 0.15) is 22.5 Å². The van der Waals surface area contributed by atoms with Gasteiger partial charge in [0, 0.05) is 0 Å². The van der Waals surface area contributed by atoms with Crippen LogP contribution in [-0.4, -0.2) is 14.2 Å². The van der Waals surface area contributed by atoms with Crippen LogP contribution in [0.2, 0.25) is 0 Å². The Bertz CT molecular complexity index is 482. The van der Waals surface area contributed by atoms with Gasteiger partial charge >= 0.3 is 0 Å². The van der Waals surface area contributed by atoms with E-state index in [4.69, 9.17) is 5.73 Å². The van der Waals surface area contributed by atoms with Gasteiger partial charge in [0.2, 0.25) is 0 Å².